The molecule has 1 aliphatic rings. The molecule has 0 saturated carbocycles. The summed E-state index contributed by atoms with van der Waals surface area (Å²) in [7, 11) is 4.74. The highest BCUT2D eigenvalue weighted by atomic mass is 16.5. The lowest BCUT2D eigenvalue weighted by atomic mass is 10.0. The molecule has 0 bridgehead atoms. The van der Waals surface area contributed by atoms with Gasteiger partial charge in [0.25, 0.3) is 0 Å². The summed E-state index contributed by atoms with van der Waals surface area (Å²) in [6.45, 7) is 1.90. The highest BCUT2D eigenvalue weighted by molar-refractivity contribution is 5.78. The minimum Gasteiger partial charge on any atom is -0.481 e. The van der Waals surface area contributed by atoms with Gasteiger partial charge in [-0.05, 0) is 5.92 Å². The van der Waals surface area contributed by atoms with Gasteiger partial charge < -0.3 is 19.1 Å². The Morgan fingerprint density at radius 2 is 1.90 bits per heavy atom. The van der Waals surface area contributed by atoms with Crippen LogP contribution in [0.3, 0.4) is 0 Å². The Labute approximate surface area is 124 Å². The lowest BCUT2D eigenvalue weighted by molar-refractivity contribution is -0.128. The molecule has 1 fully saturated rings. The van der Waals surface area contributed by atoms with E-state index >= 15 is 0 Å². The highest BCUT2D eigenvalue weighted by Gasteiger charge is 2.30. The summed E-state index contributed by atoms with van der Waals surface area (Å²) in [5.41, 5.74) is 0. The lowest BCUT2D eigenvalue weighted by Crippen LogP contribution is -2.29. The van der Waals surface area contributed by atoms with Gasteiger partial charge in [-0.1, -0.05) is 0 Å². The van der Waals surface area contributed by atoms with Crippen LogP contribution in [0.2, 0.25) is 0 Å². The van der Waals surface area contributed by atoms with E-state index < -0.39 is 0 Å². The minimum absolute atomic E-state index is 0.159. The monoisotopic (exact) mass is 295 g/mol. The molecule has 2 heterocycles. The van der Waals surface area contributed by atoms with Gasteiger partial charge in [-0.2, -0.15) is 9.97 Å². The van der Waals surface area contributed by atoms with E-state index in [-0.39, 0.29) is 11.8 Å². The highest BCUT2D eigenvalue weighted by Crippen LogP contribution is 2.23. The molecule has 1 aromatic heterocycles. The number of methoxy groups -OCH3 is 3. The quantitative estimate of drug-likeness (QED) is 0.730. The second-order valence-electron chi connectivity index (χ2n) is 4.98. The van der Waals surface area contributed by atoms with Crippen molar-refractivity contribution in [1.82, 2.24) is 14.9 Å². The van der Waals surface area contributed by atoms with E-state index in [4.69, 9.17) is 14.2 Å². The molecule has 0 N–H and O–H groups in total. The van der Waals surface area contributed by atoms with Gasteiger partial charge in [-0.25, -0.2) is 0 Å². The number of hydrogen-bond acceptors (Lipinski definition) is 6. The molecule has 1 aliphatic heterocycles. The number of amides is 1. The van der Waals surface area contributed by atoms with Gasteiger partial charge in [-0.15, -0.1) is 0 Å². The predicted molar refractivity (Wildman–Crippen MR) is 75.4 cm³/mol. The average molecular weight is 295 g/mol. The Hall–Kier alpha value is -1.89. The zero-order valence-corrected chi connectivity index (χ0v) is 12.7. The Balaban J connectivity index is 2.00. The van der Waals surface area contributed by atoms with Gasteiger partial charge in [0.05, 0.1) is 26.9 Å². The topological polar surface area (TPSA) is 73.8 Å². The van der Waals surface area contributed by atoms with Crippen LogP contribution in [0.15, 0.2) is 6.07 Å². The number of nitrogens with zero attached hydrogens (tertiary/aromatic N) is 3. The van der Waals surface area contributed by atoms with Crippen molar-refractivity contribution in [3.05, 3.63) is 11.9 Å². The third kappa shape index (κ3) is 4.04. The molecule has 2 rings (SSSR count). The van der Waals surface area contributed by atoms with E-state index in [1.807, 2.05) is 4.90 Å². The summed E-state index contributed by atoms with van der Waals surface area (Å²) in [6.07, 6.45) is 1.15. The summed E-state index contributed by atoms with van der Waals surface area (Å²) >= 11 is 0. The molecular weight excluding hydrogens is 274 g/mol. The van der Waals surface area contributed by atoms with Gasteiger partial charge in [-0.3, -0.25) is 4.79 Å². The van der Waals surface area contributed by atoms with E-state index in [0.717, 1.165) is 0 Å². The average Bonchev–Trinajstić information content (AvgIpc) is 2.84. The van der Waals surface area contributed by atoms with Crippen molar-refractivity contribution in [2.45, 2.75) is 12.8 Å². The zero-order chi connectivity index (χ0) is 15.2. The van der Waals surface area contributed by atoms with Crippen molar-refractivity contribution in [3.8, 4) is 11.8 Å². The molecule has 1 aromatic rings. The van der Waals surface area contributed by atoms with Crippen molar-refractivity contribution in [2.24, 2.45) is 5.92 Å². The number of aromatic nitrogens is 2. The molecule has 0 aromatic carbocycles. The fraction of sp³-hybridized carbons (Fsp3) is 0.643. The fourth-order valence-corrected chi connectivity index (χ4v) is 2.42. The smallest absolute Gasteiger partial charge is 0.223 e. The van der Waals surface area contributed by atoms with Crippen molar-refractivity contribution in [2.75, 3.05) is 41.0 Å². The SMILES string of the molecule is COCCN1C[C@@H](Cc2nc(OC)cc(OC)n2)CC1=O. The van der Waals surface area contributed by atoms with Gasteiger partial charge in [0, 0.05) is 33.0 Å². The minimum atomic E-state index is 0.159. The Bertz CT molecular complexity index is 473. The first-order valence-electron chi connectivity index (χ1n) is 6.89. The van der Waals surface area contributed by atoms with Crippen LogP contribution in [-0.4, -0.2) is 61.8 Å². The molecule has 0 aliphatic carbocycles. The maximum Gasteiger partial charge on any atom is 0.223 e. The lowest BCUT2D eigenvalue weighted by Gasteiger charge is -2.15. The van der Waals surface area contributed by atoms with Crippen LogP contribution in [-0.2, 0) is 16.0 Å². The van der Waals surface area contributed by atoms with Crippen molar-refractivity contribution >= 4 is 5.91 Å². The molecule has 1 atom stereocenters. The fourth-order valence-electron chi connectivity index (χ4n) is 2.42. The van der Waals surface area contributed by atoms with Gasteiger partial charge in [0.2, 0.25) is 17.7 Å². The first kappa shape index (κ1) is 15.5. The normalized spacial score (nSPS) is 18.1. The van der Waals surface area contributed by atoms with Crippen LogP contribution in [0.4, 0.5) is 0 Å². The molecule has 0 radical (unpaired) electrons. The molecule has 1 saturated heterocycles. The largest absolute Gasteiger partial charge is 0.481 e. The number of likely N-dealkylation sites (tertiary alicyclic amines) is 1. The third-order valence-corrected chi connectivity index (χ3v) is 3.47. The van der Waals surface area contributed by atoms with Gasteiger partial charge >= 0.3 is 0 Å². The van der Waals surface area contributed by atoms with Crippen LogP contribution in [0.1, 0.15) is 12.2 Å². The Kier molecular flexibility index (Phi) is 5.32. The van der Waals surface area contributed by atoms with Crippen molar-refractivity contribution < 1.29 is 19.0 Å². The summed E-state index contributed by atoms with van der Waals surface area (Å²) in [4.78, 5) is 22.3. The second-order valence-corrected chi connectivity index (χ2v) is 4.98. The van der Waals surface area contributed by atoms with E-state index in [1.54, 1.807) is 27.4 Å². The molecule has 116 valence electrons. The Morgan fingerprint density at radius 1 is 1.24 bits per heavy atom. The number of hydrogen-bond donors (Lipinski definition) is 0. The van der Waals surface area contributed by atoms with Crippen LogP contribution < -0.4 is 9.47 Å². The summed E-state index contributed by atoms with van der Waals surface area (Å²) in [5.74, 6) is 1.95. The second kappa shape index (κ2) is 7.21. The van der Waals surface area contributed by atoms with E-state index in [1.165, 1.54) is 0 Å². The summed E-state index contributed by atoms with van der Waals surface area (Å²) < 4.78 is 15.3. The maximum absolute atomic E-state index is 11.9. The maximum atomic E-state index is 11.9. The van der Waals surface area contributed by atoms with Crippen LogP contribution in [0.25, 0.3) is 0 Å². The first-order valence-corrected chi connectivity index (χ1v) is 6.89. The Morgan fingerprint density at radius 3 is 2.48 bits per heavy atom. The summed E-state index contributed by atoms with van der Waals surface area (Å²) in [6, 6.07) is 1.63. The third-order valence-electron chi connectivity index (χ3n) is 3.47. The van der Waals surface area contributed by atoms with Crippen LogP contribution in [0, 0.1) is 5.92 Å². The van der Waals surface area contributed by atoms with Crippen LogP contribution >= 0.6 is 0 Å². The van der Waals surface area contributed by atoms with E-state index in [0.29, 0.717) is 50.1 Å². The first-order chi connectivity index (χ1) is 10.2. The van der Waals surface area contributed by atoms with Crippen LogP contribution in [0.5, 0.6) is 11.8 Å². The number of rotatable bonds is 7. The molecule has 0 unspecified atom stereocenters. The molecule has 0 spiro atoms. The molecule has 7 heteroatoms. The predicted octanol–water partition coefficient (Wildman–Crippen LogP) is 0.531. The van der Waals surface area contributed by atoms with Gasteiger partial charge in [0.1, 0.15) is 5.82 Å². The van der Waals surface area contributed by atoms with Crippen molar-refractivity contribution in [3.63, 3.8) is 0 Å². The molecular formula is C14H21N3O4. The van der Waals surface area contributed by atoms with Gasteiger partial charge in [0.15, 0.2) is 0 Å². The van der Waals surface area contributed by atoms with Crippen molar-refractivity contribution in [1.29, 1.82) is 0 Å². The molecule has 7 nitrogen and oxygen atoms in total. The van der Waals surface area contributed by atoms with E-state index in [2.05, 4.69) is 9.97 Å². The molecule has 1 amide bonds. The number of carbonyl (C=O) groups excluding carboxylic acids is 1. The number of carbonyl (C=O) groups is 1. The summed E-state index contributed by atoms with van der Waals surface area (Å²) in [5, 5.41) is 0. The molecule has 21 heavy (non-hydrogen) atoms. The zero-order valence-electron chi connectivity index (χ0n) is 12.7. The number of ether oxygens (including phenoxy) is 3. The van der Waals surface area contributed by atoms with E-state index in [9.17, 15) is 4.79 Å². The standard InChI is InChI=1S/C14H21N3O4/c1-19-5-4-17-9-10(7-14(17)18)6-11-15-12(20-2)8-13(16-11)21-3/h8,10H,4-7,9H2,1-3H3/t10-/m0/s1.